The first kappa shape index (κ1) is 16.3. The fraction of sp³-hybridized carbons (Fsp3) is 0.158. The van der Waals surface area contributed by atoms with Crippen molar-refractivity contribution >= 4 is 28.7 Å². The van der Waals surface area contributed by atoms with E-state index in [1.54, 1.807) is 10.6 Å². The largest absolute Gasteiger partial charge is 0.484 e. The van der Waals surface area contributed by atoms with Crippen LogP contribution in [0.1, 0.15) is 10.4 Å². The molecule has 0 aliphatic heterocycles. The Kier molecular flexibility index (Phi) is 5.01. The predicted octanol–water partition coefficient (Wildman–Crippen LogP) is 4.34. The first-order chi connectivity index (χ1) is 11.7. The Morgan fingerprint density at radius 1 is 1.25 bits per heavy atom. The van der Waals surface area contributed by atoms with Gasteiger partial charge < -0.3 is 4.74 Å². The molecule has 0 atom stereocenters. The highest BCUT2D eigenvalue weighted by atomic mass is 32.2. The number of imidazole rings is 1. The molecule has 0 aliphatic carbocycles. The fourth-order valence-corrected chi connectivity index (χ4v) is 3.08. The van der Waals surface area contributed by atoms with E-state index in [9.17, 15) is 4.79 Å². The lowest BCUT2D eigenvalue weighted by atomic mass is 10.2. The highest BCUT2D eigenvalue weighted by Crippen LogP contribution is 2.24. The molecule has 5 heteroatoms. The van der Waals surface area contributed by atoms with E-state index < -0.39 is 0 Å². The van der Waals surface area contributed by atoms with Crippen LogP contribution in [0, 0.1) is 6.92 Å². The zero-order valence-electron chi connectivity index (χ0n) is 13.4. The number of carbonyl (C=O) groups excluding carboxylic acids is 1. The average Bonchev–Trinajstić information content (AvgIpc) is 2.97. The van der Waals surface area contributed by atoms with Crippen LogP contribution in [0.4, 0.5) is 0 Å². The van der Waals surface area contributed by atoms with Gasteiger partial charge in [-0.15, -0.1) is 6.58 Å². The maximum Gasteiger partial charge on any atom is 0.271 e. The molecule has 0 spiro atoms. The highest BCUT2D eigenvalue weighted by molar-refractivity contribution is 7.99. The quantitative estimate of drug-likeness (QED) is 0.495. The van der Waals surface area contributed by atoms with Crippen molar-refractivity contribution in [3.63, 3.8) is 0 Å². The van der Waals surface area contributed by atoms with Crippen LogP contribution in [0.15, 0.2) is 66.3 Å². The van der Waals surface area contributed by atoms with Crippen LogP contribution in [0.25, 0.3) is 11.0 Å². The number of aryl methyl sites for hydroxylation is 1. The molecule has 0 fully saturated rings. The Hall–Kier alpha value is -2.53. The van der Waals surface area contributed by atoms with Crippen LogP contribution >= 0.6 is 11.8 Å². The van der Waals surface area contributed by atoms with Gasteiger partial charge in [-0.1, -0.05) is 47.7 Å². The van der Waals surface area contributed by atoms with Gasteiger partial charge in [0.2, 0.25) is 0 Å². The van der Waals surface area contributed by atoms with Crippen molar-refractivity contribution in [1.82, 2.24) is 9.55 Å². The third-order valence-corrected chi connectivity index (χ3v) is 4.43. The van der Waals surface area contributed by atoms with E-state index in [0.717, 1.165) is 16.6 Å². The van der Waals surface area contributed by atoms with Gasteiger partial charge in [-0.05, 0) is 31.2 Å². The maximum absolute atomic E-state index is 12.7. The van der Waals surface area contributed by atoms with E-state index in [4.69, 9.17) is 4.74 Å². The van der Waals surface area contributed by atoms with E-state index >= 15 is 0 Å². The Bertz CT molecular complexity index is 869. The Morgan fingerprint density at radius 2 is 2.00 bits per heavy atom. The Labute approximate surface area is 145 Å². The van der Waals surface area contributed by atoms with E-state index in [2.05, 4.69) is 11.6 Å². The summed E-state index contributed by atoms with van der Waals surface area (Å²) >= 11 is 1.48. The zero-order valence-corrected chi connectivity index (χ0v) is 14.3. The SMILES string of the molecule is C=CCSc1nc2ccccc2n1C(=O)COc1ccc(C)cc1. The van der Waals surface area contributed by atoms with Gasteiger partial charge in [-0.3, -0.25) is 9.36 Å². The second kappa shape index (κ2) is 7.36. The lowest BCUT2D eigenvalue weighted by Gasteiger charge is -2.09. The molecule has 0 amide bonds. The molecule has 0 N–H and O–H groups in total. The molecular weight excluding hydrogens is 320 g/mol. The molecule has 122 valence electrons. The summed E-state index contributed by atoms with van der Waals surface area (Å²) in [7, 11) is 0. The number of ether oxygens (including phenoxy) is 1. The topological polar surface area (TPSA) is 44.1 Å². The molecule has 4 nitrogen and oxygen atoms in total. The Balaban J connectivity index is 1.84. The van der Waals surface area contributed by atoms with Crippen molar-refractivity contribution in [3.8, 4) is 5.75 Å². The average molecular weight is 338 g/mol. The number of hydrogen-bond donors (Lipinski definition) is 0. The van der Waals surface area contributed by atoms with Gasteiger partial charge in [-0.25, -0.2) is 4.98 Å². The highest BCUT2D eigenvalue weighted by Gasteiger charge is 2.17. The van der Waals surface area contributed by atoms with E-state index in [1.807, 2.05) is 55.5 Å². The maximum atomic E-state index is 12.7. The smallest absolute Gasteiger partial charge is 0.271 e. The standard InChI is InChI=1S/C19H18N2O2S/c1-3-12-24-19-20-16-6-4-5-7-17(16)21(19)18(22)13-23-15-10-8-14(2)9-11-15/h3-11H,1,12-13H2,2H3. The summed E-state index contributed by atoms with van der Waals surface area (Å²) in [6.45, 7) is 5.69. The molecule has 0 unspecified atom stereocenters. The van der Waals surface area contributed by atoms with Crippen LogP contribution in [-0.4, -0.2) is 27.8 Å². The molecule has 2 aromatic carbocycles. The normalized spacial score (nSPS) is 10.7. The lowest BCUT2D eigenvalue weighted by molar-refractivity contribution is 0.0832. The summed E-state index contributed by atoms with van der Waals surface area (Å²) in [5, 5.41) is 0.661. The molecule has 3 rings (SSSR count). The van der Waals surface area contributed by atoms with Crippen LogP contribution in [0.3, 0.4) is 0 Å². The minimum atomic E-state index is -0.143. The van der Waals surface area contributed by atoms with Crippen molar-refractivity contribution < 1.29 is 9.53 Å². The number of para-hydroxylation sites is 2. The molecule has 0 bridgehead atoms. The van der Waals surface area contributed by atoms with Gasteiger partial charge in [0.25, 0.3) is 5.91 Å². The minimum absolute atomic E-state index is 0.0366. The monoisotopic (exact) mass is 338 g/mol. The number of nitrogens with zero attached hydrogens (tertiary/aromatic N) is 2. The number of benzene rings is 2. The van der Waals surface area contributed by atoms with Gasteiger partial charge in [0.05, 0.1) is 11.0 Å². The number of thioether (sulfide) groups is 1. The van der Waals surface area contributed by atoms with E-state index in [-0.39, 0.29) is 12.5 Å². The number of hydrogen-bond acceptors (Lipinski definition) is 4. The van der Waals surface area contributed by atoms with Crippen LogP contribution in [-0.2, 0) is 0 Å². The van der Waals surface area contributed by atoms with E-state index in [0.29, 0.717) is 16.7 Å². The van der Waals surface area contributed by atoms with Crippen molar-refractivity contribution in [1.29, 1.82) is 0 Å². The molecular formula is C19H18N2O2S. The predicted molar refractivity (Wildman–Crippen MR) is 98.0 cm³/mol. The van der Waals surface area contributed by atoms with Crippen molar-refractivity contribution in [2.75, 3.05) is 12.4 Å². The van der Waals surface area contributed by atoms with E-state index in [1.165, 1.54) is 11.8 Å². The number of carbonyl (C=O) groups is 1. The molecule has 24 heavy (non-hydrogen) atoms. The fourth-order valence-electron chi connectivity index (χ4n) is 2.32. The summed E-state index contributed by atoms with van der Waals surface area (Å²) in [6, 6.07) is 15.2. The molecule has 0 radical (unpaired) electrons. The first-order valence-electron chi connectivity index (χ1n) is 7.63. The van der Waals surface area contributed by atoms with Gasteiger partial charge in [-0.2, -0.15) is 0 Å². The third-order valence-electron chi connectivity index (χ3n) is 3.49. The number of aromatic nitrogens is 2. The van der Waals surface area contributed by atoms with Crippen LogP contribution in [0.2, 0.25) is 0 Å². The van der Waals surface area contributed by atoms with Crippen molar-refractivity contribution in [3.05, 3.63) is 66.7 Å². The van der Waals surface area contributed by atoms with Gasteiger partial charge in [0.1, 0.15) is 5.75 Å². The summed E-state index contributed by atoms with van der Waals surface area (Å²) in [5.41, 5.74) is 2.74. The summed E-state index contributed by atoms with van der Waals surface area (Å²) in [5.74, 6) is 1.23. The lowest BCUT2D eigenvalue weighted by Crippen LogP contribution is -2.20. The molecule has 1 heterocycles. The molecule has 0 aliphatic rings. The summed E-state index contributed by atoms with van der Waals surface area (Å²) in [4.78, 5) is 17.2. The van der Waals surface area contributed by atoms with Crippen LogP contribution < -0.4 is 4.74 Å². The Morgan fingerprint density at radius 3 is 2.75 bits per heavy atom. The molecule has 1 aromatic heterocycles. The van der Waals surface area contributed by atoms with Crippen molar-refractivity contribution in [2.24, 2.45) is 0 Å². The van der Waals surface area contributed by atoms with Crippen LogP contribution in [0.5, 0.6) is 5.75 Å². The minimum Gasteiger partial charge on any atom is -0.484 e. The second-order valence-corrected chi connectivity index (χ2v) is 6.30. The van der Waals surface area contributed by atoms with Crippen molar-refractivity contribution in [2.45, 2.75) is 12.1 Å². The first-order valence-corrected chi connectivity index (χ1v) is 8.61. The third kappa shape index (κ3) is 3.51. The zero-order chi connectivity index (χ0) is 16.9. The number of fused-ring (bicyclic) bond motifs is 1. The number of rotatable bonds is 6. The van der Waals surface area contributed by atoms with Gasteiger partial charge in [0.15, 0.2) is 11.8 Å². The summed E-state index contributed by atoms with van der Waals surface area (Å²) < 4.78 is 7.25. The molecule has 0 saturated heterocycles. The van der Waals surface area contributed by atoms with Gasteiger partial charge >= 0.3 is 0 Å². The summed E-state index contributed by atoms with van der Waals surface area (Å²) in [6.07, 6.45) is 1.79. The molecule has 3 aromatic rings. The molecule has 0 saturated carbocycles. The second-order valence-electron chi connectivity index (χ2n) is 5.31. The van der Waals surface area contributed by atoms with Gasteiger partial charge in [0, 0.05) is 5.75 Å².